The van der Waals surface area contributed by atoms with E-state index in [1.807, 2.05) is 60.7 Å². The van der Waals surface area contributed by atoms with Crippen molar-refractivity contribution in [3.05, 3.63) is 83.9 Å². The lowest BCUT2D eigenvalue weighted by atomic mass is 10.0. The zero-order chi connectivity index (χ0) is 21.6. The molecule has 0 atom stereocenters. The van der Waals surface area contributed by atoms with E-state index >= 15 is 0 Å². The number of benzene rings is 3. The number of fused-ring (bicyclic) bond motifs is 2. The molecular formula is C27H29NO3. The molecule has 4 rings (SSSR count). The molecule has 0 N–H and O–H groups in total. The summed E-state index contributed by atoms with van der Waals surface area (Å²) in [4.78, 5) is 15.2. The van der Waals surface area contributed by atoms with Gasteiger partial charge in [0.1, 0.15) is 11.5 Å². The summed E-state index contributed by atoms with van der Waals surface area (Å²) in [5.74, 6) is 1.90. The van der Waals surface area contributed by atoms with E-state index in [9.17, 15) is 4.79 Å². The van der Waals surface area contributed by atoms with Crippen molar-refractivity contribution in [3.8, 4) is 11.5 Å². The van der Waals surface area contributed by atoms with Gasteiger partial charge in [0.25, 0.3) is 5.91 Å². The number of nitrogens with zero attached hydrogens (tertiary/aromatic N) is 1. The van der Waals surface area contributed by atoms with Gasteiger partial charge < -0.3 is 9.47 Å². The van der Waals surface area contributed by atoms with Crippen molar-refractivity contribution >= 4 is 17.3 Å². The number of para-hydroxylation sites is 2. The van der Waals surface area contributed by atoms with Crippen LogP contribution in [0.2, 0.25) is 0 Å². The maximum Gasteiger partial charge on any atom is 0.269 e. The van der Waals surface area contributed by atoms with E-state index in [1.165, 1.54) is 11.1 Å². The maximum absolute atomic E-state index is 13.4. The third-order valence-corrected chi connectivity index (χ3v) is 5.51. The molecule has 1 aliphatic heterocycles. The Labute approximate surface area is 184 Å². The van der Waals surface area contributed by atoms with Gasteiger partial charge in [-0.3, -0.25) is 9.69 Å². The van der Waals surface area contributed by atoms with E-state index in [-0.39, 0.29) is 12.5 Å². The molecule has 0 saturated heterocycles. The van der Waals surface area contributed by atoms with E-state index in [1.54, 1.807) is 4.90 Å². The first-order chi connectivity index (χ1) is 15.1. The first kappa shape index (κ1) is 21.0. The highest BCUT2D eigenvalue weighted by Gasteiger charge is 2.25. The Hall–Kier alpha value is -3.27. The summed E-state index contributed by atoms with van der Waals surface area (Å²) >= 11 is 0. The molecule has 4 heteroatoms. The molecular weight excluding hydrogens is 386 g/mol. The Morgan fingerprint density at radius 2 is 1.42 bits per heavy atom. The number of carbonyl (C=O) groups excluding carboxylic acids is 1. The van der Waals surface area contributed by atoms with Gasteiger partial charge in [0, 0.05) is 6.07 Å². The number of rotatable bonds is 7. The molecule has 0 aromatic heterocycles. The van der Waals surface area contributed by atoms with E-state index in [2.05, 4.69) is 26.0 Å². The lowest BCUT2D eigenvalue weighted by Crippen LogP contribution is -2.31. The van der Waals surface area contributed by atoms with Crippen molar-refractivity contribution in [2.75, 3.05) is 18.1 Å². The maximum atomic E-state index is 13.4. The lowest BCUT2D eigenvalue weighted by molar-refractivity contribution is -0.119. The third-order valence-electron chi connectivity index (χ3n) is 5.51. The van der Waals surface area contributed by atoms with Gasteiger partial charge in [0.15, 0.2) is 6.61 Å². The SMILES string of the molecule is CC(C)CCOc1cccc(OCC(=O)N2c3ccccc3CCc3ccccc32)c1. The first-order valence-electron chi connectivity index (χ1n) is 11.0. The second-order valence-corrected chi connectivity index (χ2v) is 8.28. The van der Waals surface area contributed by atoms with Crippen LogP contribution in [0.3, 0.4) is 0 Å². The van der Waals surface area contributed by atoms with Crippen LogP contribution in [0.5, 0.6) is 11.5 Å². The van der Waals surface area contributed by atoms with Crippen LogP contribution in [0, 0.1) is 5.92 Å². The summed E-state index contributed by atoms with van der Waals surface area (Å²) in [6.07, 6.45) is 2.82. The standard InChI is InChI=1S/C27H29NO3/c1-20(2)16-17-30-23-10-7-11-24(18-23)31-19-27(29)28-25-12-5-3-8-21(25)14-15-22-9-4-6-13-26(22)28/h3-13,18,20H,14-17,19H2,1-2H3. The van der Waals surface area contributed by atoms with E-state index in [4.69, 9.17) is 9.47 Å². The van der Waals surface area contributed by atoms with Gasteiger partial charge in [-0.05, 0) is 60.6 Å². The van der Waals surface area contributed by atoms with Crippen molar-refractivity contribution in [1.82, 2.24) is 0 Å². The smallest absolute Gasteiger partial charge is 0.269 e. The van der Waals surface area contributed by atoms with E-state index < -0.39 is 0 Å². The molecule has 0 fully saturated rings. The van der Waals surface area contributed by atoms with Crippen LogP contribution in [0.15, 0.2) is 72.8 Å². The number of amides is 1. The Bertz CT molecular complexity index is 996. The Morgan fingerprint density at radius 3 is 2.03 bits per heavy atom. The van der Waals surface area contributed by atoms with Crippen molar-refractivity contribution in [3.63, 3.8) is 0 Å². The average Bonchev–Trinajstić information content (AvgIpc) is 2.94. The number of aryl methyl sites for hydroxylation is 2. The Balaban J connectivity index is 1.50. The number of hydrogen-bond donors (Lipinski definition) is 0. The molecule has 4 nitrogen and oxygen atoms in total. The van der Waals surface area contributed by atoms with Gasteiger partial charge >= 0.3 is 0 Å². The van der Waals surface area contributed by atoms with Gasteiger partial charge in [-0.1, -0.05) is 56.3 Å². The van der Waals surface area contributed by atoms with Crippen LogP contribution in [0.25, 0.3) is 0 Å². The van der Waals surface area contributed by atoms with Gasteiger partial charge in [-0.15, -0.1) is 0 Å². The van der Waals surface area contributed by atoms with Crippen molar-refractivity contribution < 1.29 is 14.3 Å². The van der Waals surface area contributed by atoms with Crippen LogP contribution in [-0.2, 0) is 17.6 Å². The molecule has 1 heterocycles. The number of carbonyl (C=O) groups is 1. The van der Waals surface area contributed by atoms with Gasteiger partial charge in [0.05, 0.1) is 18.0 Å². The minimum Gasteiger partial charge on any atom is -0.493 e. The predicted octanol–water partition coefficient (Wildman–Crippen LogP) is 5.95. The molecule has 0 spiro atoms. The molecule has 3 aromatic rings. The predicted molar refractivity (Wildman–Crippen MR) is 124 cm³/mol. The highest BCUT2D eigenvalue weighted by Crippen LogP contribution is 2.36. The zero-order valence-corrected chi connectivity index (χ0v) is 18.2. The van der Waals surface area contributed by atoms with Crippen LogP contribution in [-0.4, -0.2) is 19.1 Å². The Kier molecular flexibility index (Phi) is 6.56. The summed E-state index contributed by atoms with van der Waals surface area (Å²) in [6, 6.07) is 23.7. The topological polar surface area (TPSA) is 38.8 Å². The lowest BCUT2D eigenvalue weighted by Gasteiger charge is -2.25. The molecule has 0 saturated carbocycles. The minimum absolute atomic E-state index is 0.0435. The van der Waals surface area contributed by atoms with Crippen LogP contribution in [0.4, 0.5) is 11.4 Å². The number of hydrogen-bond acceptors (Lipinski definition) is 3. The highest BCUT2D eigenvalue weighted by molar-refractivity contribution is 6.03. The van der Waals surface area contributed by atoms with E-state index in [0.717, 1.165) is 36.4 Å². The molecule has 0 bridgehead atoms. The van der Waals surface area contributed by atoms with Crippen LogP contribution >= 0.6 is 0 Å². The number of anilines is 2. The fourth-order valence-corrected chi connectivity index (χ4v) is 3.82. The summed E-state index contributed by atoms with van der Waals surface area (Å²) < 4.78 is 11.7. The van der Waals surface area contributed by atoms with Crippen LogP contribution in [0.1, 0.15) is 31.4 Å². The summed E-state index contributed by atoms with van der Waals surface area (Å²) in [5.41, 5.74) is 4.22. The quantitative estimate of drug-likeness (QED) is 0.478. The third kappa shape index (κ3) is 5.08. The second kappa shape index (κ2) is 9.69. The molecule has 160 valence electrons. The Morgan fingerprint density at radius 1 is 0.839 bits per heavy atom. The van der Waals surface area contributed by atoms with Gasteiger partial charge in [-0.25, -0.2) is 0 Å². The minimum atomic E-state index is -0.0899. The molecule has 31 heavy (non-hydrogen) atoms. The summed E-state index contributed by atoms with van der Waals surface area (Å²) in [7, 11) is 0. The normalized spacial score (nSPS) is 12.7. The monoisotopic (exact) mass is 415 g/mol. The average molecular weight is 416 g/mol. The first-order valence-corrected chi connectivity index (χ1v) is 11.0. The van der Waals surface area contributed by atoms with Crippen molar-refractivity contribution in [2.45, 2.75) is 33.1 Å². The highest BCUT2D eigenvalue weighted by atomic mass is 16.5. The molecule has 1 aliphatic rings. The molecule has 3 aromatic carbocycles. The molecule has 0 aliphatic carbocycles. The van der Waals surface area contributed by atoms with Gasteiger partial charge in [0.2, 0.25) is 0 Å². The summed E-state index contributed by atoms with van der Waals surface area (Å²) in [5, 5.41) is 0. The molecule has 1 amide bonds. The van der Waals surface area contributed by atoms with E-state index in [0.29, 0.717) is 18.3 Å². The number of ether oxygens (including phenoxy) is 2. The second-order valence-electron chi connectivity index (χ2n) is 8.28. The van der Waals surface area contributed by atoms with Crippen LogP contribution < -0.4 is 14.4 Å². The van der Waals surface area contributed by atoms with Crippen molar-refractivity contribution in [1.29, 1.82) is 0 Å². The fourth-order valence-electron chi connectivity index (χ4n) is 3.82. The fraction of sp³-hybridized carbons (Fsp3) is 0.296. The largest absolute Gasteiger partial charge is 0.493 e. The van der Waals surface area contributed by atoms with Crippen molar-refractivity contribution in [2.24, 2.45) is 5.92 Å². The molecule has 0 radical (unpaired) electrons. The van der Waals surface area contributed by atoms with Gasteiger partial charge in [-0.2, -0.15) is 0 Å². The molecule has 0 unspecified atom stereocenters. The summed E-state index contributed by atoms with van der Waals surface area (Å²) in [6.45, 7) is 4.97. The zero-order valence-electron chi connectivity index (χ0n) is 18.2.